The average Bonchev–Trinajstić information content (AvgIpc) is 2.47. The van der Waals surface area contributed by atoms with Crippen LogP contribution in [0.25, 0.3) is 0 Å². The molecule has 0 heterocycles. The minimum absolute atomic E-state index is 0.0446. The lowest BCUT2D eigenvalue weighted by Gasteiger charge is -2.03. The molecule has 0 atom stereocenters. The van der Waals surface area contributed by atoms with Crippen LogP contribution in [-0.2, 0) is 0 Å². The number of carbonyl (C=O) groups is 1. The molecule has 0 radical (unpaired) electrons. The zero-order valence-electron chi connectivity index (χ0n) is 11.6. The second kappa shape index (κ2) is 6.82. The minimum atomic E-state index is -0.498. The van der Waals surface area contributed by atoms with Crippen molar-refractivity contribution in [3.05, 3.63) is 74.3 Å². The maximum absolute atomic E-state index is 11.9. The Labute approximate surface area is 131 Å². The third-order valence-corrected chi connectivity index (χ3v) is 3.14. The Balaban J connectivity index is 2.07. The minimum Gasteiger partial charge on any atom is -0.267 e. The molecule has 0 bridgehead atoms. The highest BCUT2D eigenvalue weighted by atomic mass is 35.5. The van der Waals surface area contributed by atoms with E-state index in [0.29, 0.717) is 16.1 Å². The lowest BCUT2D eigenvalue weighted by Crippen LogP contribution is -2.18. The number of hydrogen-bond acceptors (Lipinski definition) is 4. The van der Waals surface area contributed by atoms with Crippen LogP contribution in [0.2, 0.25) is 5.02 Å². The maximum atomic E-state index is 11.9. The molecule has 0 saturated carbocycles. The summed E-state index contributed by atoms with van der Waals surface area (Å²) in [5.41, 5.74) is 4.05. The molecule has 0 unspecified atom stereocenters. The van der Waals surface area contributed by atoms with Crippen LogP contribution < -0.4 is 5.43 Å². The highest BCUT2D eigenvalue weighted by molar-refractivity contribution is 6.33. The van der Waals surface area contributed by atoms with Gasteiger partial charge in [-0.3, -0.25) is 14.9 Å². The van der Waals surface area contributed by atoms with E-state index >= 15 is 0 Å². The molecule has 0 aliphatic heterocycles. The standard InChI is InChI=1S/C15H12ClN3O3/c1-10-5-6-13(14(16)7-10)15(20)18-17-9-11-3-2-4-12(8-11)19(21)22/h2-9H,1H3,(H,18,20)/b17-9+. The summed E-state index contributed by atoms with van der Waals surface area (Å²) in [6.07, 6.45) is 1.33. The molecule has 2 rings (SSSR count). The van der Waals surface area contributed by atoms with Crippen LogP contribution >= 0.6 is 11.6 Å². The summed E-state index contributed by atoms with van der Waals surface area (Å²) < 4.78 is 0. The van der Waals surface area contributed by atoms with Gasteiger partial charge in [0.05, 0.1) is 21.7 Å². The summed E-state index contributed by atoms with van der Waals surface area (Å²) in [6, 6.07) is 11.0. The van der Waals surface area contributed by atoms with Gasteiger partial charge in [0, 0.05) is 17.7 Å². The summed E-state index contributed by atoms with van der Waals surface area (Å²) >= 11 is 5.99. The van der Waals surface area contributed by atoms with E-state index in [1.807, 2.05) is 6.92 Å². The largest absolute Gasteiger partial charge is 0.272 e. The monoisotopic (exact) mass is 317 g/mol. The zero-order valence-corrected chi connectivity index (χ0v) is 12.4. The van der Waals surface area contributed by atoms with Crippen molar-refractivity contribution in [3.8, 4) is 0 Å². The van der Waals surface area contributed by atoms with Crippen LogP contribution in [0.3, 0.4) is 0 Å². The Kier molecular flexibility index (Phi) is 4.85. The number of nitro benzene ring substituents is 1. The molecule has 6 nitrogen and oxygen atoms in total. The summed E-state index contributed by atoms with van der Waals surface area (Å²) in [4.78, 5) is 22.1. The van der Waals surface area contributed by atoms with Gasteiger partial charge in [-0.1, -0.05) is 29.8 Å². The van der Waals surface area contributed by atoms with Gasteiger partial charge in [0.1, 0.15) is 0 Å². The fourth-order valence-corrected chi connectivity index (χ4v) is 2.07. The Bertz CT molecular complexity index is 759. The van der Waals surface area contributed by atoms with E-state index in [2.05, 4.69) is 10.5 Å². The lowest BCUT2D eigenvalue weighted by atomic mass is 10.1. The van der Waals surface area contributed by atoms with Crippen LogP contribution in [0.5, 0.6) is 0 Å². The van der Waals surface area contributed by atoms with Crippen LogP contribution in [-0.4, -0.2) is 17.0 Å². The zero-order chi connectivity index (χ0) is 16.1. The number of rotatable bonds is 4. The quantitative estimate of drug-likeness (QED) is 0.533. The number of nitrogens with zero attached hydrogens (tertiary/aromatic N) is 2. The number of nitro groups is 1. The highest BCUT2D eigenvalue weighted by Gasteiger charge is 2.09. The molecule has 0 fully saturated rings. The molecule has 2 aromatic rings. The van der Waals surface area contributed by atoms with E-state index in [9.17, 15) is 14.9 Å². The molecular weight excluding hydrogens is 306 g/mol. The summed E-state index contributed by atoms with van der Waals surface area (Å²) in [7, 11) is 0. The number of halogens is 1. The van der Waals surface area contributed by atoms with Crippen molar-refractivity contribution < 1.29 is 9.72 Å². The number of aryl methyl sites for hydroxylation is 1. The SMILES string of the molecule is Cc1ccc(C(=O)N/N=C/c2cccc([N+](=O)[O-])c2)c(Cl)c1. The number of non-ortho nitro benzene ring substituents is 1. The van der Waals surface area contributed by atoms with E-state index in [1.54, 1.807) is 24.3 Å². The number of nitrogens with one attached hydrogen (secondary N) is 1. The van der Waals surface area contributed by atoms with Gasteiger partial charge in [-0.25, -0.2) is 5.43 Å². The summed E-state index contributed by atoms with van der Waals surface area (Å²) in [5.74, 6) is -0.452. The van der Waals surface area contributed by atoms with Crippen molar-refractivity contribution in [2.45, 2.75) is 6.92 Å². The van der Waals surface area contributed by atoms with E-state index in [-0.39, 0.29) is 5.69 Å². The Morgan fingerprint density at radius 1 is 1.32 bits per heavy atom. The molecule has 1 amide bonds. The predicted octanol–water partition coefficient (Wildman–Crippen LogP) is 3.32. The molecule has 0 aliphatic carbocycles. The van der Waals surface area contributed by atoms with Crippen molar-refractivity contribution in [1.29, 1.82) is 0 Å². The van der Waals surface area contributed by atoms with Gasteiger partial charge in [-0.2, -0.15) is 5.10 Å². The van der Waals surface area contributed by atoms with Crippen LogP contribution in [0.15, 0.2) is 47.6 Å². The number of benzene rings is 2. The topological polar surface area (TPSA) is 84.6 Å². The molecule has 2 aromatic carbocycles. The Morgan fingerprint density at radius 2 is 2.09 bits per heavy atom. The first kappa shape index (κ1) is 15.7. The van der Waals surface area contributed by atoms with Gasteiger partial charge >= 0.3 is 0 Å². The van der Waals surface area contributed by atoms with Gasteiger partial charge in [-0.05, 0) is 24.6 Å². The third-order valence-electron chi connectivity index (χ3n) is 2.83. The smallest absolute Gasteiger partial charge is 0.267 e. The van der Waals surface area contributed by atoms with Crippen molar-refractivity contribution in [2.24, 2.45) is 5.10 Å². The van der Waals surface area contributed by atoms with Gasteiger partial charge < -0.3 is 0 Å². The van der Waals surface area contributed by atoms with Crippen molar-refractivity contribution >= 4 is 29.4 Å². The first-order valence-electron chi connectivity index (χ1n) is 6.31. The predicted molar refractivity (Wildman–Crippen MR) is 84.3 cm³/mol. The van der Waals surface area contributed by atoms with Crippen LogP contribution in [0.4, 0.5) is 5.69 Å². The van der Waals surface area contributed by atoms with E-state index in [0.717, 1.165) is 5.56 Å². The third kappa shape index (κ3) is 3.89. The number of amides is 1. The van der Waals surface area contributed by atoms with Gasteiger partial charge in [-0.15, -0.1) is 0 Å². The number of carbonyl (C=O) groups excluding carboxylic acids is 1. The first-order valence-corrected chi connectivity index (χ1v) is 6.69. The van der Waals surface area contributed by atoms with Crippen LogP contribution in [0, 0.1) is 17.0 Å². The van der Waals surface area contributed by atoms with Gasteiger partial charge in [0.25, 0.3) is 11.6 Å². The summed E-state index contributed by atoms with van der Waals surface area (Å²) in [5, 5.41) is 14.8. The summed E-state index contributed by atoms with van der Waals surface area (Å²) in [6.45, 7) is 1.87. The molecule has 22 heavy (non-hydrogen) atoms. The van der Waals surface area contributed by atoms with E-state index in [4.69, 9.17) is 11.6 Å². The maximum Gasteiger partial charge on any atom is 0.272 e. The first-order chi connectivity index (χ1) is 10.5. The normalized spacial score (nSPS) is 10.6. The van der Waals surface area contributed by atoms with Crippen molar-refractivity contribution in [1.82, 2.24) is 5.43 Å². The Hall–Kier alpha value is -2.73. The fourth-order valence-electron chi connectivity index (χ4n) is 1.75. The molecule has 112 valence electrons. The number of hydrogen-bond donors (Lipinski definition) is 1. The molecule has 0 spiro atoms. The second-order valence-corrected chi connectivity index (χ2v) is 4.94. The molecule has 0 saturated heterocycles. The van der Waals surface area contributed by atoms with Gasteiger partial charge in [0.2, 0.25) is 0 Å². The molecule has 1 N–H and O–H groups in total. The van der Waals surface area contributed by atoms with E-state index in [1.165, 1.54) is 24.4 Å². The highest BCUT2D eigenvalue weighted by Crippen LogP contribution is 2.17. The van der Waals surface area contributed by atoms with E-state index < -0.39 is 10.8 Å². The van der Waals surface area contributed by atoms with Crippen molar-refractivity contribution in [2.75, 3.05) is 0 Å². The molecular formula is C15H12ClN3O3. The molecule has 0 aromatic heterocycles. The van der Waals surface area contributed by atoms with Crippen LogP contribution in [0.1, 0.15) is 21.5 Å². The number of hydrazone groups is 1. The molecule has 7 heteroatoms. The van der Waals surface area contributed by atoms with Gasteiger partial charge in [0.15, 0.2) is 0 Å². The second-order valence-electron chi connectivity index (χ2n) is 4.53. The fraction of sp³-hybridized carbons (Fsp3) is 0.0667. The lowest BCUT2D eigenvalue weighted by molar-refractivity contribution is -0.384. The molecule has 0 aliphatic rings. The van der Waals surface area contributed by atoms with Crippen molar-refractivity contribution in [3.63, 3.8) is 0 Å². The Morgan fingerprint density at radius 3 is 2.77 bits per heavy atom. The average molecular weight is 318 g/mol.